The van der Waals surface area contributed by atoms with Crippen molar-refractivity contribution in [1.82, 2.24) is 10.3 Å². The molecule has 106 valence electrons. The van der Waals surface area contributed by atoms with Gasteiger partial charge in [-0.3, -0.25) is 0 Å². The van der Waals surface area contributed by atoms with Gasteiger partial charge in [0, 0.05) is 18.8 Å². The van der Waals surface area contributed by atoms with Gasteiger partial charge in [0.05, 0.1) is 15.7 Å². The van der Waals surface area contributed by atoms with Crippen LogP contribution in [0.25, 0.3) is 0 Å². The maximum absolute atomic E-state index is 6.04. The van der Waals surface area contributed by atoms with Crippen LogP contribution in [0.1, 0.15) is 24.1 Å². The molecule has 0 unspecified atom stereocenters. The van der Waals surface area contributed by atoms with Crippen molar-refractivity contribution in [3.8, 4) is 0 Å². The molecule has 0 amide bonds. The van der Waals surface area contributed by atoms with E-state index in [4.69, 9.17) is 40.5 Å². The zero-order chi connectivity index (χ0) is 14.7. The van der Waals surface area contributed by atoms with E-state index < -0.39 is 0 Å². The van der Waals surface area contributed by atoms with E-state index in [0.717, 1.165) is 11.1 Å². The van der Waals surface area contributed by atoms with Crippen LogP contribution < -0.4 is 11.1 Å². The van der Waals surface area contributed by atoms with Crippen molar-refractivity contribution in [2.45, 2.75) is 19.5 Å². The number of hydrogen-bond acceptors (Lipinski definition) is 3. The van der Waals surface area contributed by atoms with Crippen molar-refractivity contribution in [2.75, 3.05) is 5.73 Å². The van der Waals surface area contributed by atoms with E-state index in [1.54, 1.807) is 12.3 Å². The number of hydrogen-bond donors (Lipinski definition) is 2. The minimum atomic E-state index is 0.0845. The molecular weight excluding hydrogens is 317 g/mol. The molecule has 1 aromatic heterocycles. The Morgan fingerprint density at radius 3 is 2.40 bits per heavy atom. The molecule has 0 aliphatic heterocycles. The molecule has 2 aromatic rings. The lowest BCUT2D eigenvalue weighted by Crippen LogP contribution is -2.18. The smallest absolute Gasteiger partial charge is 0.129 e. The predicted octanol–water partition coefficient (Wildman–Crippen LogP) is 4.47. The van der Waals surface area contributed by atoms with Gasteiger partial charge in [0.25, 0.3) is 0 Å². The average molecular weight is 331 g/mol. The SMILES string of the molecule is C[C@@H](NCc1ccc(Cl)nc1)c1cc(Cl)c(N)c(Cl)c1. The van der Waals surface area contributed by atoms with Crippen LogP contribution in [0.4, 0.5) is 5.69 Å². The maximum atomic E-state index is 6.04. The molecule has 1 aromatic carbocycles. The number of pyridine rings is 1. The molecule has 0 radical (unpaired) electrons. The quantitative estimate of drug-likeness (QED) is 0.642. The molecule has 3 N–H and O–H groups in total. The fourth-order valence-electron chi connectivity index (χ4n) is 1.75. The van der Waals surface area contributed by atoms with Gasteiger partial charge in [-0.1, -0.05) is 40.9 Å². The Morgan fingerprint density at radius 1 is 1.20 bits per heavy atom. The molecule has 3 nitrogen and oxygen atoms in total. The summed E-state index contributed by atoms with van der Waals surface area (Å²) in [5.74, 6) is 0. The Bertz CT molecular complexity index is 576. The number of anilines is 1. The number of rotatable bonds is 4. The molecule has 0 aliphatic rings. The number of benzene rings is 1. The van der Waals surface area contributed by atoms with E-state index in [1.165, 1.54) is 0 Å². The van der Waals surface area contributed by atoms with Crippen LogP contribution in [0.3, 0.4) is 0 Å². The fourth-order valence-corrected chi connectivity index (χ4v) is 2.37. The first-order valence-corrected chi connectivity index (χ1v) is 7.19. The van der Waals surface area contributed by atoms with Crippen molar-refractivity contribution in [2.24, 2.45) is 0 Å². The molecule has 0 fully saturated rings. The monoisotopic (exact) mass is 329 g/mol. The largest absolute Gasteiger partial charge is 0.396 e. The Labute approximate surface area is 133 Å². The summed E-state index contributed by atoms with van der Waals surface area (Å²) >= 11 is 17.8. The molecule has 1 atom stereocenters. The lowest BCUT2D eigenvalue weighted by molar-refractivity contribution is 0.574. The third-order valence-electron chi connectivity index (χ3n) is 3.00. The van der Waals surface area contributed by atoms with Crippen molar-refractivity contribution in [1.29, 1.82) is 0 Å². The van der Waals surface area contributed by atoms with Crippen LogP contribution in [0, 0.1) is 0 Å². The second-order valence-corrected chi connectivity index (χ2v) is 5.69. The van der Waals surface area contributed by atoms with Crippen LogP contribution in [-0.4, -0.2) is 4.98 Å². The molecule has 0 saturated heterocycles. The second-order valence-electron chi connectivity index (χ2n) is 4.49. The van der Waals surface area contributed by atoms with Crippen LogP contribution >= 0.6 is 34.8 Å². The summed E-state index contributed by atoms with van der Waals surface area (Å²) in [7, 11) is 0. The molecule has 6 heteroatoms. The van der Waals surface area contributed by atoms with Gasteiger partial charge in [0.2, 0.25) is 0 Å². The summed E-state index contributed by atoms with van der Waals surface area (Å²) in [6, 6.07) is 7.42. The van der Waals surface area contributed by atoms with E-state index in [1.807, 2.05) is 25.1 Å². The van der Waals surface area contributed by atoms with Gasteiger partial charge in [-0.25, -0.2) is 4.98 Å². The summed E-state index contributed by atoms with van der Waals surface area (Å²) < 4.78 is 0. The van der Waals surface area contributed by atoms with Crippen molar-refractivity contribution < 1.29 is 0 Å². The Balaban J connectivity index is 2.05. The Kier molecular flexibility index (Phi) is 5.11. The number of nitrogens with two attached hydrogens (primary N) is 1. The highest BCUT2D eigenvalue weighted by molar-refractivity contribution is 6.38. The van der Waals surface area contributed by atoms with Gasteiger partial charge in [-0.05, 0) is 36.2 Å². The predicted molar refractivity (Wildman–Crippen MR) is 85.4 cm³/mol. The topological polar surface area (TPSA) is 50.9 Å². The molecule has 2 rings (SSSR count). The number of nitrogens with one attached hydrogen (secondary N) is 1. The van der Waals surface area contributed by atoms with Crippen molar-refractivity contribution >= 4 is 40.5 Å². The second kappa shape index (κ2) is 6.64. The summed E-state index contributed by atoms with van der Waals surface area (Å²) in [6.07, 6.45) is 1.74. The van der Waals surface area contributed by atoms with Gasteiger partial charge in [-0.2, -0.15) is 0 Å². The van der Waals surface area contributed by atoms with E-state index in [0.29, 0.717) is 27.4 Å². The van der Waals surface area contributed by atoms with E-state index in [2.05, 4.69) is 10.3 Å². The van der Waals surface area contributed by atoms with Crippen LogP contribution in [-0.2, 0) is 6.54 Å². The third kappa shape index (κ3) is 3.76. The summed E-state index contributed by atoms with van der Waals surface area (Å²) in [6.45, 7) is 2.70. The van der Waals surface area contributed by atoms with E-state index in [9.17, 15) is 0 Å². The molecule has 0 bridgehead atoms. The summed E-state index contributed by atoms with van der Waals surface area (Å²) in [5.41, 5.74) is 8.17. The van der Waals surface area contributed by atoms with Gasteiger partial charge < -0.3 is 11.1 Å². The third-order valence-corrected chi connectivity index (χ3v) is 3.85. The number of nitrogen functional groups attached to an aromatic ring is 1. The highest BCUT2D eigenvalue weighted by Gasteiger charge is 2.10. The lowest BCUT2D eigenvalue weighted by Gasteiger charge is -2.16. The average Bonchev–Trinajstić information content (AvgIpc) is 2.43. The first kappa shape index (κ1) is 15.4. The highest BCUT2D eigenvalue weighted by atomic mass is 35.5. The zero-order valence-corrected chi connectivity index (χ0v) is 13.1. The van der Waals surface area contributed by atoms with Crippen LogP contribution in [0.15, 0.2) is 30.5 Å². The van der Waals surface area contributed by atoms with Crippen molar-refractivity contribution in [3.05, 3.63) is 56.8 Å². The number of nitrogens with zero attached hydrogens (tertiary/aromatic N) is 1. The summed E-state index contributed by atoms with van der Waals surface area (Å²) in [4.78, 5) is 4.04. The number of halogens is 3. The van der Waals surface area contributed by atoms with Crippen LogP contribution in [0.5, 0.6) is 0 Å². The minimum Gasteiger partial charge on any atom is -0.396 e. The fraction of sp³-hybridized carbons (Fsp3) is 0.214. The molecular formula is C14H14Cl3N3. The van der Waals surface area contributed by atoms with E-state index in [-0.39, 0.29) is 6.04 Å². The molecule has 1 heterocycles. The Morgan fingerprint density at radius 2 is 1.85 bits per heavy atom. The lowest BCUT2D eigenvalue weighted by atomic mass is 10.1. The van der Waals surface area contributed by atoms with Gasteiger partial charge in [0.1, 0.15) is 5.15 Å². The first-order valence-electron chi connectivity index (χ1n) is 6.05. The Hall–Kier alpha value is -1.00. The molecule has 20 heavy (non-hydrogen) atoms. The molecule has 0 aliphatic carbocycles. The zero-order valence-electron chi connectivity index (χ0n) is 10.8. The van der Waals surface area contributed by atoms with Crippen LogP contribution in [0.2, 0.25) is 15.2 Å². The minimum absolute atomic E-state index is 0.0845. The van der Waals surface area contributed by atoms with Gasteiger partial charge in [-0.15, -0.1) is 0 Å². The van der Waals surface area contributed by atoms with Gasteiger partial charge >= 0.3 is 0 Å². The summed E-state index contributed by atoms with van der Waals surface area (Å²) in [5, 5.41) is 4.79. The molecule has 0 saturated carbocycles. The van der Waals surface area contributed by atoms with E-state index >= 15 is 0 Å². The van der Waals surface area contributed by atoms with Crippen molar-refractivity contribution in [3.63, 3.8) is 0 Å². The standard InChI is InChI=1S/C14H14Cl3N3/c1-8(10-4-11(15)14(18)12(16)5-10)19-6-9-2-3-13(17)20-7-9/h2-5,7-8,19H,6,18H2,1H3/t8-/m1/s1. The highest BCUT2D eigenvalue weighted by Crippen LogP contribution is 2.31. The maximum Gasteiger partial charge on any atom is 0.129 e. The molecule has 0 spiro atoms. The number of aromatic nitrogens is 1. The normalized spacial score (nSPS) is 12.4. The van der Waals surface area contributed by atoms with Gasteiger partial charge in [0.15, 0.2) is 0 Å². The first-order chi connectivity index (χ1) is 9.47.